The number of carbonyl (C=O) groups excluding carboxylic acids is 4. The summed E-state index contributed by atoms with van der Waals surface area (Å²) in [5.74, 6) is -2.79. The Morgan fingerprint density at radius 3 is 2.29 bits per heavy atom. The molecule has 8 N–H and O–H groups in total. The number of phenolic OH excluding ortho intramolecular Hbond substituents is 2. The van der Waals surface area contributed by atoms with Crippen LogP contribution in [0.1, 0.15) is 97.5 Å². The van der Waals surface area contributed by atoms with Gasteiger partial charge in [0.1, 0.15) is 35.2 Å². The lowest BCUT2D eigenvalue weighted by atomic mass is 9.78. The van der Waals surface area contributed by atoms with Gasteiger partial charge in [-0.15, -0.1) is 0 Å². The van der Waals surface area contributed by atoms with Crippen molar-refractivity contribution in [3.8, 4) is 17.2 Å². The number of anilines is 1. The molecular weight excluding hydrogens is 714 g/mol. The Morgan fingerprint density at radius 2 is 1.62 bits per heavy atom. The van der Waals surface area contributed by atoms with Crippen molar-refractivity contribution in [3.63, 3.8) is 0 Å². The monoisotopic (exact) mass is 771 g/mol. The van der Waals surface area contributed by atoms with Crippen LogP contribution in [0.5, 0.6) is 17.2 Å². The van der Waals surface area contributed by atoms with Gasteiger partial charge in [-0.1, -0.05) is 45.1 Å². The third kappa shape index (κ3) is 15.4. The molecule has 3 amide bonds. The summed E-state index contributed by atoms with van der Waals surface area (Å²) in [5, 5.41) is 59.7. The fraction of sp³-hybridized carbons (Fsp3) is 0.550. The first-order valence-electron chi connectivity index (χ1n) is 18.8. The topological polar surface area (TPSA) is 233 Å². The lowest BCUT2D eigenvalue weighted by Crippen LogP contribution is -2.61. The van der Waals surface area contributed by atoms with Gasteiger partial charge < -0.3 is 55.7 Å². The number of benzene rings is 2. The standard InChI is InChI=1S/C40H57N3O12/c1-5-6-7-8-9-10-22-53-28-17-15-27(16-18-28)42-36(49)29(12-11-21-41-38(51)55-39(2,3)4)43-37(50)40(52)24-32(46)35(48)33(25-40)54-34(47)20-14-26-13-19-30(44)31(45)23-26/h13-20,23,29,32-33,35,44-46,48,52H,5-12,21-22,24-25H2,1-4H3,(H,41,51)(H,42,49)(H,43,50)/b20-14+/t29?,32-,33-,35-,40+/m1/s1. The van der Waals surface area contributed by atoms with Crippen LogP contribution >= 0.6 is 0 Å². The van der Waals surface area contributed by atoms with E-state index in [0.29, 0.717) is 23.6 Å². The van der Waals surface area contributed by atoms with E-state index in [1.807, 2.05) is 0 Å². The number of alkyl carbamates (subject to hydrolysis) is 1. The summed E-state index contributed by atoms with van der Waals surface area (Å²) in [6.07, 6.45) is 2.57. The minimum Gasteiger partial charge on any atom is -0.504 e. The second-order valence-electron chi connectivity index (χ2n) is 14.8. The number of ether oxygens (including phenoxy) is 3. The first-order valence-corrected chi connectivity index (χ1v) is 18.8. The number of aliphatic hydroxyl groups is 3. The molecule has 15 heteroatoms. The number of amides is 3. The first kappa shape index (κ1) is 44.5. The number of nitrogens with one attached hydrogen (secondary N) is 3. The maximum absolute atomic E-state index is 13.6. The fourth-order valence-corrected chi connectivity index (χ4v) is 5.85. The number of hydrogen-bond donors (Lipinski definition) is 8. The Bertz CT molecular complexity index is 1590. The quantitative estimate of drug-likeness (QED) is 0.0429. The first-order chi connectivity index (χ1) is 26.0. The van der Waals surface area contributed by atoms with E-state index < -0.39 is 78.0 Å². The molecule has 5 atom stereocenters. The Hall–Kier alpha value is -4.86. The number of phenols is 2. The minimum atomic E-state index is -2.36. The van der Waals surface area contributed by atoms with Gasteiger partial charge in [-0.25, -0.2) is 9.59 Å². The van der Waals surface area contributed by atoms with Crippen LogP contribution in [0.25, 0.3) is 6.08 Å². The summed E-state index contributed by atoms with van der Waals surface area (Å²) in [4.78, 5) is 52.0. The Labute approximate surface area is 322 Å². The number of carbonyl (C=O) groups is 4. The normalized spacial score (nSPS) is 20.3. The van der Waals surface area contributed by atoms with Gasteiger partial charge in [-0.05, 0) is 88.1 Å². The van der Waals surface area contributed by atoms with Crippen molar-refractivity contribution in [1.82, 2.24) is 10.6 Å². The highest BCUT2D eigenvalue weighted by Gasteiger charge is 2.50. The molecule has 1 aliphatic carbocycles. The second-order valence-corrected chi connectivity index (χ2v) is 14.8. The Balaban J connectivity index is 1.66. The Kier molecular flexibility index (Phi) is 17.2. The SMILES string of the molecule is CCCCCCCCOc1ccc(NC(=O)C(CCCNC(=O)OC(C)(C)C)NC(=O)[C@]2(O)C[C@@H](O)[C@@H](O)[C@H](OC(=O)/C=C/c3ccc(O)c(O)c3)C2)cc1. The van der Waals surface area contributed by atoms with Crippen molar-refractivity contribution >= 4 is 35.6 Å². The second kappa shape index (κ2) is 21.3. The van der Waals surface area contributed by atoms with Crippen molar-refractivity contribution in [2.75, 3.05) is 18.5 Å². The molecule has 2 aromatic rings. The zero-order valence-electron chi connectivity index (χ0n) is 32.1. The molecule has 0 heterocycles. The molecule has 0 saturated heterocycles. The van der Waals surface area contributed by atoms with Crippen LogP contribution in [0.3, 0.4) is 0 Å². The number of aromatic hydroxyl groups is 2. The minimum absolute atomic E-state index is 0.0180. The Morgan fingerprint density at radius 1 is 0.927 bits per heavy atom. The van der Waals surface area contributed by atoms with Gasteiger partial charge in [0, 0.05) is 31.1 Å². The van der Waals surface area contributed by atoms with E-state index in [9.17, 15) is 44.7 Å². The highest BCUT2D eigenvalue weighted by Crippen LogP contribution is 2.32. The van der Waals surface area contributed by atoms with Crippen molar-refractivity contribution in [3.05, 3.63) is 54.1 Å². The summed E-state index contributed by atoms with van der Waals surface area (Å²) < 4.78 is 16.4. The number of aliphatic hydroxyl groups excluding tert-OH is 2. The van der Waals surface area contributed by atoms with E-state index in [0.717, 1.165) is 18.9 Å². The summed E-state index contributed by atoms with van der Waals surface area (Å²) in [6.45, 7) is 8.00. The highest BCUT2D eigenvalue weighted by molar-refractivity contribution is 5.98. The van der Waals surface area contributed by atoms with Gasteiger partial charge in [0.2, 0.25) is 5.91 Å². The molecule has 1 unspecified atom stereocenters. The molecule has 55 heavy (non-hydrogen) atoms. The van der Waals surface area contributed by atoms with E-state index in [1.165, 1.54) is 50.0 Å². The van der Waals surface area contributed by atoms with Crippen LogP contribution in [0, 0.1) is 0 Å². The van der Waals surface area contributed by atoms with Gasteiger partial charge in [0.25, 0.3) is 5.91 Å². The molecule has 2 aromatic carbocycles. The summed E-state index contributed by atoms with van der Waals surface area (Å²) >= 11 is 0. The predicted octanol–water partition coefficient (Wildman–Crippen LogP) is 4.44. The van der Waals surface area contributed by atoms with Gasteiger partial charge in [-0.3, -0.25) is 9.59 Å². The number of unbranched alkanes of at least 4 members (excludes halogenated alkanes) is 5. The van der Waals surface area contributed by atoms with Crippen LogP contribution in [0.15, 0.2) is 48.5 Å². The maximum Gasteiger partial charge on any atom is 0.407 e. The van der Waals surface area contributed by atoms with Crippen LogP contribution in [-0.2, 0) is 23.9 Å². The third-order valence-corrected chi connectivity index (χ3v) is 8.81. The molecule has 304 valence electrons. The molecule has 0 radical (unpaired) electrons. The zero-order valence-corrected chi connectivity index (χ0v) is 32.1. The van der Waals surface area contributed by atoms with Crippen molar-refractivity contribution in [1.29, 1.82) is 0 Å². The van der Waals surface area contributed by atoms with E-state index >= 15 is 0 Å². The maximum atomic E-state index is 13.6. The smallest absolute Gasteiger partial charge is 0.407 e. The van der Waals surface area contributed by atoms with Crippen molar-refractivity contribution in [2.45, 2.75) is 127 Å². The van der Waals surface area contributed by atoms with Crippen LogP contribution in [0.4, 0.5) is 10.5 Å². The van der Waals surface area contributed by atoms with E-state index in [4.69, 9.17) is 14.2 Å². The van der Waals surface area contributed by atoms with Crippen molar-refractivity contribution in [2.24, 2.45) is 0 Å². The molecule has 3 rings (SSSR count). The van der Waals surface area contributed by atoms with Crippen molar-refractivity contribution < 1.29 is 58.9 Å². The molecule has 1 aliphatic rings. The molecule has 15 nitrogen and oxygen atoms in total. The number of esters is 1. The third-order valence-electron chi connectivity index (χ3n) is 8.81. The van der Waals surface area contributed by atoms with Gasteiger partial charge >= 0.3 is 12.1 Å². The van der Waals surface area contributed by atoms with E-state index in [-0.39, 0.29) is 25.1 Å². The molecule has 0 aromatic heterocycles. The van der Waals surface area contributed by atoms with E-state index in [1.54, 1.807) is 45.0 Å². The van der Waals surface area contributed by atoms with Gasteiger partial charge in [0.15, 0.2) is 11.5 Å². The molecule has 0 bridgehead atoms. The zero-order chi connectivity index (χ0) is 40.6. The summed E-state index contributed by atoms with van der Waals surface area (Å²) in [5.41, 5.74) is -2.33. The number of rotatable bonds is 19. The fourth-order valence-electron chi connectivity index (χ4n) is 5.85. The summed E-state index contributed by atoms with van der Waals surface area (Å²) in [6, 6.07) is 9.35. The number of hydrogen-bond acceptors (Lipinski definition) is 12. The average molecular weight is 772 g/mol. The van der Waals surface area contributed by atoms with Gasteiger partial charge in [0.05, 0.1) is 12.7 Å². The van der Waals surface area contributed by atoms with Crippen LogP contribution in [0.2, 0.25) is 0 Å². The highest BCUT2D eigenvalue weighted by atomic mass is 16.6. The van der Waals surface area contributed by atoms with Crippen LogP contribution in [-0.4, -0.2) is 98.1 Å². The lowest BCUT2D eigenvalue weighted by Gasteiger charge is -2.41. The summed E-state index contributed by atoms with van der Waals surface area (Å²) in [7, 11) is 0. The molecule has 0 aliphatic heterocycles. The van der Waals surface area contributed by atoms with Crippen LogP contribution < -0.4 is 20.7 Å². The lowest BCUT2D eigenvalue weighted by molar-refractivity contribution is -0.187. The molecular formula is C40H57N3O12. The average Bonchev–Trinajstić information content (AvgIpc) is 3.11. The predicted molar refractivity (Wildman–Crippen MR) is 204 cm³/mol. The molecule has 0 spiro atoms. The largest absolute Gasteiger partial charge is 0.504 e. The van der Waals surface area contributed by atoms with E-state index in [2.05, 4.69) is 22.9 Å². The molecule has 1 saturated carbocycles. The molecule has 1 fully saturated rings. The van der Waals surface area contributed by atoms with Gasteiger partial charge in [-0.2, -0.15) is 0 Å².